The van der Waals surface area contributed by atoms with Gasteiger partial charge in [0.2, 0.25) is 0 Å². The summed E-state index contributed by atoms with van der Waals surface area (Å²) in [4.78, 5) is 21.1. The molecule has 1 saturated heterocycles. The standard InChI is InChI=1S/C28H25BO2.C28H17NO2.C6H4BrNO2/c1-27(2)28(3,4)31-29(30-27)25-15-9-14-23-21(25)16-17-24-20-12-6-5-10-18(20)19-11-7-8-13-22(19)26(23)24;30-29(31)27-15-6-5-11-23(27)19-13-7-14-25-22(19)16-17-26-21-10-2-1-8-18(21)20-9-3-4-12-24(20)28(25)26;7-5-3-1-2-4-6(5)8(9)10/h5-17H,1-4H3;1-17H;1-4H. The highest BCUT2D eigenvalue weighted by Crippen LogP contribution is 2.44. The predicted octanol–water partition coefficient (Wildman–Crippen LogP) is 16.8. The van der Waals surface area contributed by atoms with E-state index in [1.165, 1.54) is 81.5 Å². The number of halogens is 1. The van der Waals surface area contributed by atoms with E-state index in [4.69, 9.17) is 9.31 Å². The summed E-state index contributed by atoms with van der Waals surface area (Å²) in [5.41, 5.74) is 2.11. The van der Waals surface area contributed by atoms with E-state index in [9.17, 15) is 20.2 Å². The summed E-state index contributed by atoms with van der Waals surface area (Å²) in [5, 5.41) is 41.4. The van der Waals surface area contributed by atoms with Crippen molar-refractivity contribution >= 4 is 126 Å². The quantitative estimate of drug-likeness (QED) is 0.0753. The van der Waals surface area contributed by atoms with Crippen LogP contribution in [0.4, 0.5) is 11.4 Å². The van der Waals surface area contributed by atoms with Crippen molar-refractivity contribution in [2.45, 2.75) is 38.9 Å². The summed E-state index contributed by atoms with van der Waals surface area (Å²) < 4.78 is 13.3. The Morgan fingerprint density at radius 1 is 0.361 bits per heavy atom. The molecule has 0 unspecified atom stereocenters. The van der Waals surface area contributed by atoms with Gasteiger partial charge in [-0.2, -0.15) is 0 Å². The van der Waals surface area contributed by atoms with Crippen LogP contribution in [0.5, 0.6) is 0 Å². The molecule has 0 N–H and O–H groups in total. The van der Waals surface area contributed by atoms with Crippen LogP contribution in [0.3, 0.4) is 0 Å². The lowest BCUT2D eigenvalue weighted by molar-refractivity contribution is -0.385. The summed E-state index contributed by atoms with van der Waals surface area (Å²) in [6, 6.07) is 69.2. The van der Waals surface area contributed by atoms with Crippen LogP contribution in [0.1, 0.15) is 27.7 Å². The van der Waals surface area contributed by atoms with Crippen LogP contribution in [-0.4, -0.2) is 28.2 Å². The van der Waals surface area contributed by atoms with Crippen molar-refractivity contribution in [2.24, 2.45) is 0 Å². The van der Waals surface area contributed by atoms with Crippen LogP contribution in [-0.2, 0) is 9.31 Å². The second-order valence-electron chi connectivity index (χ2n) is 19.1. The van der Waals surface area contributed by atoms with E-state index in [1.807, 2.05) is 24.3 Å². The average Bonchev–Trinajstić information content (AvgIpc) is 3.63. The zero-order chi connectivity index (χ0) is 49.9. The highest BCUT2D eigenvalue weighted by molar-refractivity contribution is 9.10. The maximum absolute atomic E-state index is 11.7. The number of hydrogen-bond donors (Lipinski definition) is 0. The summed E-state index contributed by atoms with van der Waals surface area (Å²) in [6.07, 6.45) is 0. The van der Waals surface area contributed by atoms with Crippen molar-refractivity contribution < 1.29 is 19.2 Å². The van der Waals surface area contributed by atoms with E-state index in [1.54, 1.807) is 30.3 Å². The molecule has 0 spiro atoms. The zero-order valence-electron chi connectivity index (χ0n) is 39.9. The van der Waals surface area contributed by atoms with Gasteiger partial charge in [0.15, 0.2) is 0 Å². The van der Waals surface area contributed by atoms with E-state index in [2.05, 4.69) is 189 Å². The molecule has 1 aliphatic rings. The number of fused-ring (bicyclic) bond motifs is 16. The van der Waals surface area contributed by atoms with Gasteiger partial charge in [-0.3, -0.25) is 20.2 Å². The first-order valence-corrected chi connectivity index (χ1v) is 24.6. The monoisotopic (exact) mass is 1000 g/mol. The van der Waals surface area contributed by atoms with Gasteiger partial charge in [-0.1, -0.05) is 182 Å². The maximum Gasteiger partial charge on any atom is 0.495 e. The van der Waals surface area contributed by atoms with Gasteiger partial charge in [0.05, 0.1) is 31.1 Å². The van der Waals surface area contributed by atoms with Gasteiger partial charge >= 0.3 is 7.12 Å². The van der Waals surface area contributed by atoms with Crippen LogP contribution in [0, 0.1) is 20.2 Å². The van der Waals surface area contributed by atoms with Crippen molar-refractivity contribution in [1.29, 1.82) is 0 Å². The van der Waals surface area contributed by atoms with Crippen LogP contribution in [0.25, 0.3) is 97.3 Å². The smallest absolute Gasteiger partial charge is 0.399 e. The Bertz CT molecular complexity index is 4090. The summed E-state index contributed by atoms with van der Waals surface area (Å²) in [6.45, 7) is 8.42. The zero-order valence-corrected chi connectivity index (χ0v) is 41.5. The Morgan fingerprint density at radius 3 is 1.15 bits per heavy atom. The van der Waals surface area contributed by atoms with Gasteiger partial charge in [0.25, 0.3) is 11.4 Å². The average molecular weight is 1010 g/mol. The topological polar surface area (TPSA) is 105 Å². The van der Waals surface area contributed by atoms with E-state index in [0.29, 0.717) is 10.0 Å². The number of nitro benzene ring substituents is 2. The molecule has 0 amide bonds. The van der Waals surface area contributed by atoms with E-state index in [-0.39, 0.29) is 34.6 Å². The van der Waals surface area contributed by atoms with Gasteiger partial charge in [-0.15, -0.1) is 0 Å². The fourth-order valence-corrected chi connectivity index (χ4v) is 10.8. The summed E-state index contributed by atoms with van der Waals surface area (Å²) >= 11 is 3.06. The molecule has 0 radical (unpaired) electrons. The molecule has 0 aliphatic carbocycles. The third kappa shape index (κ3) is 7.89. The maximum atomic E-state index is 11.7. The van der Waals surface area contributed by atoms with Gasteiger partial charge in [0, 0.05) is 12.1 Å². The minimum absolute atomic E-state index is 0.0995. The molecule has 12 aromatic rings. The number of nitrogens with zero attached hydrogens (tertiary/aromatic N) is 2. The van der Waals surface area contributed by atoms with E-state index < -0.39 is 4.92 Å². The predicted molar refractivity (Wildman–Crippen MR) is 302 cm³/mol. The molecule has 12 aromatic carbocycles. The minimum Gasteiger partial charge on any atom is -0.399 e. The molecule has 0 bridgehead atoms. The fourth-order valence-electron chi connectivity index (χ4n) is 10.4. The molecule has 8 nitrogen and oxygen atoms in total. The van der Waals surface area contributed by atoms with Crippen molar-refractivity contribution in [3.8, 4) is 11.1 Å². The molecule has 1 heterocycles. The Morgan fingerprint density at radius 2 is 0.681 bits per heavy atom. The van der Waals surface area contributed by atoms with Crippen molar-refractivity contribution in [2.75, 3.05) is 0 Å². The lowest BCUT2D eigenvalue weighted by atomic mass is 9.75. The third-order valence-electron chi connectivity index (χ3n) is 14.5. The normalized spacial score (nSPS) is 13.9. The third-order valence-corrected chi connectivity index (χ3v) is 15.2. The number of para-hydroxylation sites is 2. The second kappa shape index (κ2) is 18.3. The lowest BCUT2D eigenvalue weighted by Gasteiger charge is -2.32. The van der Waals surface area contributed by atoms with Gasteiger partial charge in [-0.05, 0) is 153 Å². The van der Waals surface area contributed by atoms with Crippen LogP contribution < -0.4 is 5.46 Å². The Balaban J connectivity index is 0.000000131. The summed E-state index contributed by atoms with van der Waals surface area (Å²) in [7, 11) is -0.377. The highest BCUT2D eigenvalue weighted by Gasteiger charge is 2.52. The lowest BCUT2D eigenvalue weighted by Crippen LogP contribution is -2.41. The molecule has 350 valence electrons. The molecule has 0 saturated carbocycles. The first-order chi connectivity index (χ1) is 34.8. The molecule has 13 rings (SSSR count). The van der Waals surface area contributed by atoms with E-state index in [0.717, 1.165) is 21.8 Å². The number of nitro groups is 2. The largest absolute Gasteiger partial charge is 0.495 e. The highest BCUT2D eigenvalue weighted by atomic mass is 79.9. The molecule has 0 aromatic heterocycles. The van der Waals surface area contributed by atoms with Crippen LogP contribution >= 0.6 is 15.9 Å². The first-order valence-electron chi connectivity index (χ1n) is 23.8. The van der Waals surface area contributed by atoms with Gasteiger partial charge in [-0.25, -0.2) is 0 Å². The van der Waals surface area contributed by atoms with Gasteiger partial charge in [0.1, 0.15) is 0 Å². The SMILES string of the molecule is CC1(C)OB(c2cccc3c2ccc2c4ccccc4c4ccccc4c32)OC1(C)C.O=[N+]([O-])c1ccccc1-c1cccc2c1ccc1c3ccccc3c3ccccc3c21.O=[N+]([O-])c1ccccc1Br. The number of hydrogen-bond acceptors (Lipinski definition) is 6. The van der Waals surface area contributed by atoms with Crippen molar-refractivity contribution in [1.82, 2.24) is 0 Å². The fraction of sp³-hybridized carbons (Fsp3) is 0.0968. The van der Waals surface area contributed by atoms with Crippen molar-refractivity contribution in [3.05, 3.63) is 231 Å². The molecular formula is C62H46BBrN2O6. The molecule has 1 fully saturated rings. The minimum atomic E-state index is -0.427. The van der Waals surface area contributed by atoms with Crippen molar-refractivity contribution in [3.63, 3.8) is 0 Å². The first kappa shape index (κ1) is 46.4. The van der Waals surface area contributed by atoms with Crippen LogP contribution in [0.2, 0.25) is 0 Å². The molecule has 10 heteroatoms. The van der Waals surface area contributed by atoms with Gasteiger partial charge < -0.3 is 9.31 Å². The van der Waals surface area contributed by atoms with E-state index >= 15 is 0 Å². The Labute approximate surface area is 424 Å². The number of benzene rings is 12. The Hall–Kier alpha value is -8.02. The number of rotatable bonds is 4. The molecule has 0 atom stereocenters. The second-order valence-corrected chi connectivity index (χ2v) is 19.9. The van der Waals surface area contributed by atoms with Crippen LogP contribution in [0.15, 0.2) is 211 Å². The molecular weight excluding hydrogens is 959 g/mol. The molecule has 1 aliphatic heterocycles. The summed E-state index contributed by atoms with van der Waals surface area (Å²) in [5.74, 6) is 0. The molecule has 72 heavy (non-hydrogen) atoms. The Kier molecular flexibility index (Phi) is 11.8.